The van der Waals surface area contributed by atoms with Gasteiger partial charge in [-0.05, 0) is 31.4 Å². The summed E-state index contributed by atoms with van der Waals surface area (Å²) in [5.41, 5.74) is 7.75. The molecule has 6 N–H and O–H groups in total. The van der Waals surface area contributed by atoms with Gasteiger partial charge in [0, 0.05) is 31.5 Å². The van der Waals surface area contributed by atoms with Crippen molar-refractivity contribution in [2.75, 3.05) is 26.2 Å². The molecule has 14 heteroatoms. The van der Waals surface area contributed by atoms with Gasteiger partial charge in [0.2, 0.25) is 5.91 Å². The van der Waals surface area contributed by atoms with E-state index >= 15 is 0 Å². The molecule has 12 nitrogen and oxygen atoms in total. The first-order valence-corrected chi connectivity index (χ1v) is 11.1. The van der Waals surface area contributed by atoms with Crippen molar-refractivity contribution in [1.82, 2.24) is 40.5 Å². The Morgan fingerprint density at radius 2 is 2.06 bits per heavy atom. The number of unbranched alkanes of at least 4 members (excludes halogenated alkanes) is 1. The minimum absolute atomic E-state index is 0.0260. The minimum atomic E-state index is -2.73. The van der Waals surface area contributed by atoms with Crippen LogP contribution < -0.4 is 22.2 Å². The standard InChI is InChI=1S/C21H30F2N10O2/c1-15-4-5-16(8-26-15)9-27-20(35)17-10-33(30-29-17)7-3-2-6-32(25)11-18(24)28-19(34)12-31-13-21(22,23)14-31/h4-5,8,10-11H,2-3,6-7,9,12-14,24-25H2,1H3,(H,27,35)(H,28,34)/b18-11+. The van der Waals surface area contributed by atoms with E-state index in [-0.39, 0.29) is 24.0 Å². The van der Waals surface area contributed by atoms with Crippen molar-refractivity contribution in [1.29, 1.82) is 0 Å². The number of nitrogens with zero attached hydrogens (tertiary/aromatic N) is 6. The molecule has 0 aliphatic carbocycles. The van der Waals surface area contributed by atoms with Gasteiger partial charge in [-0.1, -0.05) is 11.3 Å². The summed E-state index contributed by atoms with van der Waals surface area (Å²) in [5, 5.41) is 14.4. The molecular formula is C21H30F2N10O2. The van der Waals surface area contributed by atoms with E-state index in [1.165, 1.54) is 16.1 Å². The van der Waals surface area contributed by atoms with Crippen molar-refractivity contribution in [3.63, 3.8) is 0 Å². The van der Waals surface area contributed by atoms with Gasteiger partial charge in [-0.15, -0.1) is 5.10 Å². The van der Waals surface area contributed by atoms with Gasteiger partial charge in [0.15, 0.2) is 5.69 Å². The molecule has 0 saturated carbocycles. The Hall–Kier alpha value is -3.65. The van der Waals surface area contributed by atoms with Crippen LogP contribution in [0, 0.1) is 6.92 Å². The molecule has 190 valence electrons. The zero-order chi connectivity index (χ0) is 25.4. The molecule has 3 heterocycles. The number of carbonyl (C=O) groups excluding carboxylic acids is 2. The average molecular weight is 493 g/mol. The van der Waals surface area contributed by atoms with Crippen LogP contribution in [-0.2, 0) is 17.9 Å². The van der Waals surface area contributed by atoms with Crippen molar-refractivity contribution in [2.45, 2.75) is 38.8 Å². The molecule has 2 aromatic rings. The number of nitrogens with one attached hydrogen (secondary N) is 2. The predicted octanol–water partition coefficient (Wildman–Crippen LogP) is -0.308. The second kappa shape index (κ2) is 11.7. The number of likely N-dealkylation sites (tertiary alicyclic amines) is 1. The summed E-state index contributed by atoms with van der Waals surface area (Å²) >= 11 is 0. The first-order valence-electron chi connectivity index (χ1n) is 11.1. The molecule has 0 aromatic carbocycles. The Kier molecular flexibility index (Phi) is 8.65. The molecule has 2 amide bonds. The summed E-state index contributed by atoms with van der Waals surface area (Å²) in [4.78, 5) is 29.6. The van der Waals surface area contributed by atoms with Gasteiger partial charge in [0.05, 0.1) is 32.0 Å². The van der Waals surface area contributed by atoms with Gasteiger partial charge in [0.1, 0.15) is 5.82 Å². The molecule has 0 atom stereocenters. The van der Waals surface area contributed by atoms with Crippen molar-refractivity contribution in [3.05, 3.63) is 53.5 Å². The number of aryl methyl sites for hydroxylation is 2. The maximum Gasteiger partial charge on any atom is 0.273 e. The largest absolute Gasteiger partial charge is 0.384 e. The number of halogens is 2. The molecule has 1 fully saturated rings. The van der Waals surface area contributed by atoms with E-state index in [2.05, 4.69) is 25.9 Å². The highest BCUT2D eigenvalue weighted by atomic mass is 19.3. The molecule has 0 radical (unpaired) electrons. The number of alkyl halides is 2. The number of carbonyl (C=O) groups is 2. The van der Waals surface area contributed by atoms with Crippen LogP contribution in [0.1, 0.15) is 34.6 Å². The fourth-order valence-electron chi connectivity index (χ4n) is 3.35. The van der Waals surface area contributed by atoms with Gasteiger partial charge in [0.25, 0.3) is 11.8 Å². The van der Waals surface area contributed by atoms with Crippen LogP contribution in [0.25, 0.3) is 0 Å². The third-order valence-corrected chi connectivity index (χ3v) is 5.12. The van der Waals surface area contributed by atoms with Crippen LogP contribution in [0.5, 0.6) is 0 Å². The van der Waals surface area contributed by atoms with Crippen LogP contribution in [-0.4, -0.2) is 73.8 Å². The maximum atomic E-state index is 12.8. The SMILES string of the molecule is Cc1ccc(CNC(=O)c2cn(CCCCN(N)/C=C(\N)NC(=O)CN3CC(F)(F)C3)nn2)cn1. The van der Waals surface area contributed by atoms with Crippen LogP contribution in [0.2, 0.25) is 0 Å². The molecule has 1 saturated heterocycles. The van der Waals surface area contributed by atoms with Crippen LogP contribution in [0.4, 0.5) is 8.78 Å². The lowest BCUT2D eigenvalue weighted by Crippen LogP contribution is -2.58. The van der Waals surface area contributed by atoms with Crippen molar-refractivity contribution in [2.24, 2.45) is 11.6 Å². The van der Waals surface area contributed by atoms with Gasteiger partial charge in [-0.2, -0.15) is 0 Å². The Morgan fingerprint density at radius 3 is 2.74 bits per heavy atom. The Labute approximate surface area is 201 Å². The molecule has 1 aliphatic heterocycles. The number of hydrazine groups is 1. The molecule has 0 unspecified atom stereocenters. The zero-order valence-corrected chi connectivity index (χ0v) is 19.5. The van der Waals surface area contributed by atoms with E-state index in [1.807, 2.05) is 19.1 Å². The zero-order valence-electron chi connectivity index (χ0n) is 19.5. The quantitative estimate of drug-likeness (QED) is 0.177. The maximum absolute atomic E-state index is 12.8. The summed E-state index contributed by atoms with van der Waals surface area (Å²) < 4.78 is 27.2. The fourth-order valence-corrected chi connectivity index (χ4v) is 3.35. The molecular weight excluding hydrogens is 462 g/mol. The molecule has 3 rings (SSSR count). The average Bonchev–Trinajstić information content (AvgIpc) is 3.23. The number of aromatic nitrogens is 4. The van der Waals surface area contributed by atoms with E-state index in [0.29, 0.717) is 32.5 Å². The van der Waals surface area contributed by atoms with E-state index in [4.69, 9.17) is 11.6 Å². The highest BCUT2D eigenvalue weighted by Crippen LogP contribution is 2.25. The molecule has 0 spiro atoms. The first-order chi connectivity index (χ1) is 16.6. The summed E-state index contributed by atoms with van der Waals surface area (Å²) in [6, 6.07) is 3.77. The Balaban J connectivity index is 1.31. The lowest BCUT2D eigenvalue weighted by molar-refractivity contribution is -0.143. The van der Waals surface area contributed by atoms with Crippen LogP contribution in [0.3, 0.4) is 0 Å². The summed E-state index contributed by atoms with van der Waals surface area (Å²) in [6.45, 7) is 2.19. The van der Waals surface area contributed by atoms with E-state index in [9.17, 15) is 18.4 Å². The normalized spacial score (nSPS) is 15.4. The topological polar surface area (TPSA) is 160 Å². The molecule has 2 aromatic heterocycles. The molecule has 0 bridgehead atoms. The monoisotopic (exact) mass is 492 g/mol. The van der Waals surface area contributed by atoms with Crippen molar-refractivity contribution < 1.29 is 18.4 Å². The fraction of sp³-hybridized carbons (Fsp3) is 0.476. The van der Waals surface area contributed by atoms with Crippen molar-refractivity contribution >= 4 is 11.8 Å². The Bertz CT molecular complexity index is 1030. The number of amides is 2. The van der Waals surface area contributed by atoms with Crippen LogP contribution in [0.15, 0.2) is 36.5 Å². The number of nitrogens with two attached hydrogens (primary N) is 2. The number of hydrogen-bond donors (Lipinski definition) is 4. The lowest BCUT2D eigenvalue weighted by Gasteiger charge is -2.37. The van der Waals surface area contributed by atoms with E-state index in [0.717, 1.165) is 11.3 Å². The third-order valence-electron chi connectivity index (χ3n) is 5.12. The van der Waals surface area contributed by atoms with Crippen molar-refractivity contribution in [3.8, 4) is 0 Å². The van der Waals surface area contributed by atoms with Crippen LogP contribution >= 0.6 is 0 Å². The predicted molar refractivity (Wildman–Crippen MR) is 122 cm³/mol. The Morgan fingerprint density at radius 1 is 1.29 bits per heavy atom. The van der Waals surface area contributed by atoms with E-state index < -0.39 is 24.9 Å². The second-order valence-corrected chi connectivity index (χ2v) is 8.44. The van der Waals surface area contributed by atoms with Gasteiger partial charge in [-0.3, -0.25) is 24.2 Å². The highest BCUT2D eigenvalue weighted by Gasteiger charge is 2.44. The number of pyridine rings is 1. The lowest BCUT2D eigenvalue weighted by atomic mass is 10.1. The van der Waals surface area contributed by atoms with Gasteiger partial charge < -0.3 is 21.4 Å². The van der Waals surface area contributed by atoms with Gasteiger partial charge in [-0.25, -0.2) is 14.6 Å². The summed E-state index contributed by atoms with van der Waals surface area (Å²) in [5.74, 6) is 2.35. The molecule has 35 heavy (non-hydrogen) atoms. The smallest absolute Gasteiger partial charge is 0.273 e. The van der Waals surface area contributed by atoms with E-state index in [1.54, 1.807) is 17.1 Å². The summed E-state index contributed by atoms with van der Waals surface area (Å²) in [7, 11) is 0. The molecule has 1 aliphatic rings. The number of rotatable bonds is 12. The van der Waals surface area contributed by atoms with Gasteiger partial charge >= 0.3 is 0 Å². The first kappa shape index (κ1) is 26.0. The number of hydrogen-bond acceptors (Lipinski definition) is 9. The summed E-state index contributed by atoms with van der Waals surface area (Å²) in [6.07, 6.45) is 6.03. The second-order valence-electron chi connectivity index (χ2n) is 8.44. The highest BCUT2D eigenvalue weighted by molar-refractivity contribution is 5.91. The third kappa shape index (κ3) is 8.57. The minimum Gasteiger partial charge on any atom is -0.384 e.